The Morgan fingerprint density at radius 3 is 2.81 bits per heavy atom. The molecule has 2 aliphatic heterocycles. The topological polar surface area (TPSA) is 123 Å². The molecule has 0 aliphatic carbocycles. The predicted octanol–water partition coefficient (Wildman–Crippen LogP) is 4.43. The molecule has 0 radical (unpaired) electrons. The van der Waals surface area contributed by atoms with Crippen LogP contribution >= 0.6 is 19.4 Å². The van der Waals surface area contributed by atoms with Crippen molar-refractivity contribution in [2.75, 3.05) is 5.32 Å². The summed E-state index contributed by atoms with van der Waals surface area (Å²) in [4.78, 5) is 22.6. The van der Waals surface area contributed by atoms with Crippen LogP contribution in [-0.2, 0) is 9.24 Å². The number of phosphoric ester groups is 1. The van der Waals surface area contributed by atoms with E-state index in [1.807, 2.05) is 13.8 Å². The Morgan fingerprint density at radius 2 is 2.00 bits per heavy atom. The summed E-state index contributed by atoms with van der Waals surface area (Å²) in [7, 11) is -3.99. The fourth-order valence-electron chi connectivity index (χ4n) is 3.33. The third-order valence-electron chi connectivity index (χ3n) is 4.99. The summed E-state index contributed by atoms with van der Waals surface area (Å²) < 4.78 is 30.1. The number of imidazole rings is 1. The van der Waals surface area contributed by atoms with Crippen LogP contribution in [0.5, 0.6) is 17.4 Å². The molecule has 0 spiro atoms. The highest BCUT2D eigenvalue weighted by atomic mass is 35.5. The zero-order valence-corrected chi connectivity index (χ0v) is 17.6. The van der Waals surface area contributed by atoms with E-state index in [0.29, 0.717) is 27.6 Å². The van der Waals surface area contributed by atoms with Gasteiger partial charge < -0.3 is 19.3 Å². The Hall–Kier alpha value is -3.40. The second-order valence-corrected chi connectivity index (χ2v) is 8.70. The van der Waals surface area contributed by atoms with Crippen LogP contribution in [0.25, 0.3) is 16.7 Å². The Morgan fingerprint density at radius 1 is 1.13 bits per heavy atom. The first-order chi connectivity index (χ1) is 14.9. The average Bonchev–Trinajstić information content (AvgIpc) is 3.06. The van der Waals surface area contributed by atoms with Crippen molar-refractivity contribution in [2.24, 2.45) is 0 Å². The van der Waals surface area contributed by atoms with Crippen LogP contribution in [0.4, 0.5) is 11.5 Å². The van der Waals surface area contributed by atoms with Gasteiger partial charge in [-0.15, -0.1) is 0 Å². The highest BCUT2D eigenvalue weighted by Crippen LogP contribution is 2.65. The van der Waals surface area contributed by atoms with Gasteiger partial charge in [0.2, 0.25) is 5.75 Å². The molecule has 4 aromatic rings. The lowest BCUT2D eigenvalue weighted by Gasteiger charge is -2.31. The molecule has 13 heteroatoms. The summed E-state index contributed by atoms with van der Waals surface area (Å²) >= 11 is 6.06. The van der Waals surface area contributed by atoms with Gasteiger partial charge in [0, 0.05) is 16.1 Å². The molecule has 5 heterocycles. The lowest BCUT2D eigenvalue weighted by molar-refractivity contribution is -0.133. The number of anilines is 2. The zero-order chi connectivity index (χ0) is 21.3. The summed E-state index contributed by atoms with van der Waals surface area (Å²) in [6.07, 6.45) is 2.98. The minimum atomic E-state index is -3.99. The molecule has 0 amide bonds. The Kier molecular flexibility index (Phi) is 3.73. The molecule has 0 fully saturated rings. The van der Waals surface area contributed by atoms with E-state index in [0.717, 1.165) is 11.4 Å². The third-order valence-corrected chi connectivity index (χ3v) is 6.29. The van der Waals surface area contributed by atoms with E-state index >= 15 is 0 Å². The molecule has 0 saturated carbocycles. The van der Waals surface area contributed by atoms with Crippen molar-refractivity contribution < 1.29 is 23.2 Å². The van der Waals surface area contributed by atoms with Gasteiger partial charge in [-0.05, 0) is 32.0 Å². The first-order valence-electron chi connectivity index (χ1n) is 9.03. The largest absolute Gasteiger partial charge is 0.626 e. The van der Waals surface area contributed by atoms with Gasteiger partial charge in [-0.25, -0.2) is 19.5 Å². The summed E-state index contributed by atoms with van der Waals surface area (Å²) in [5, 5.41) is 4.38. The van der Waals surface area contributed by atoms with E-state index in [-0.39, 0.29) is 23.1 Å². The van der Waals surface area contributed by atoms with Gasteiger partial charge in [-0.2, -0.15) is 4.98 Å². The SMILES string of the molecule is Cc1ncn(-c2nc3c(Nc4ncnc5cc(Cl)ccc45)c4c2OOP(=O)(O3)O4)c1C. The molecular formula is C18H12ClN6O5P. The number of hydrogen-bond acceptors (Lipinski definition) is 10. The van der Waals surface area contributed by atoms with E-state index in [9.17, 15) is 4.57 Å². The van der Waals surface area contributed by atoms with Crippen LogP contribution in [0.1, 0.15) is 11.4 Å². The first kappa shape index (κ1) is 18.4. The van der Waals surface area contributed by atoms with Crippen LogP contribution < -0.4 is 19.3 Å². The fraction of sp³-hybridized carbons (Fsp3) is 0.111. The molecule has 6 rings (SSSR count). The number of aromatic nitrogens is 5. The number of nitrogens with one attached hydrogen (secondary N) is 1. The Balaban J connectivity index is 1.54. The molecule has 3 bridgehead atoms. The number of hydrogen-bond donors (Lipinski definition) is 1. The highest BCUT2D eigenvalue weighted by Gasteiger charge is 2.49. The van der Waals surface area contributed by atoms with Crippen LogP contribution in [0.3, 0.4) is 0 Å². The van der Waals surface area contributed by atoms with Gasteiger partial charge in [-0.1, -0.05) is 16.3 Å². The van der Waals surface area contributed by atoms with Gasteiger partial charge in [0.15, 0.2) is 11.5 Å². The Bertz CT molecular complexity index is 1460. The lowest BCUT2D eigenvalue weighted by Crippen LogP contribution is -2.22. The summed E-state index contributed by atoms with van der Waals surface area (Å²) in [6.45, 7) is 3.74. The standard InChI is InChI=1S/C18H12ClN6O5P/c1-8-9(2)25(7-22-8)17-15-14-13(18(24-17)29-31(26,28-14)30-27-15)23-16-11-4-3-10(19)5-12(11)20-6-21-16/h3-7H,1-2H3,(H,20,21,23). The molecule has 156 valence electrons. The van der Waals surface area contributed by atoms with E-state index in [1.165, 1.54) is 6.33 Å². The van der Waals surface area contributed by atoms with Crippen LogP contribution in [0.2, 0.25) is 5.02 Å². The average molecular weight is 459 g/mol. The number of pyridine rings is 1. The Labute approximate surface area is 179 Å². The molecule has 1 atom stereocenters. The van der Waals surface area contributed by atoms with Crippen LogP contribution in [0.15, 0.2) is 30.9 Å². The second-order valence-electron chi connectivity index (χ2n) is 6.86. The van der Waals surface area contributed by atoms with Crippen molar-refractivity contribution in [3.8, 4) is 23.2 Å². The number of rotatable bonds is 3. The quantitative estimate of drug-likeness (QED) is 0.348. The monoisotopic (exact) mass is 458 g/mol. The maximum Gasteiger partial charge on any atom is 0.626 e. The lowest BCUT2D eigenvalue weighted by atomic mass is 10.2. The molecule has 1 aromatic carbocycles. The molecule has 2 aliphatic rings. The zero-order valence-electron chi connectivity index (χ0n) is 16.0. The maximum atomic E-state index is 12.6. The molecule has 11 nitrogen and oxygen atoms in total. The van der Waals surface area contributed by atoms with Crippen molar-refractivity contribution in [1.82, 2.24) is 24.5 Å². The predicted molar refractivity (Wildman–Crippen MR) is 109 cm³/mol. The fourth-order valence-corrected chi connectivity index (χ4v) is 4.50. The number of aryl methyl sites for hydroxylation is 1. The van der Waals surface area contributed by atoms with Crippen LogP contribution in [-0.4, -0.2) is 24.5 Å². The van der Waals surface area contributed by atoms with Crippen molar-refractivity contribution in [1.29, 1.82) is 0 Å². The molecule has 1 N–H and O–H groups in total. The summed E-state index contributed by atoms with van der Waals surface area (Å²) in [5.41, 5.74) is 2.57. The smallest absolute Gasteiger partial charge is 0.386 e. The van der Waals surface area contributed by atoms with E-state index in [2.05, 4.69) is 25.3 Å². The normalized spacial score (nSPS) is 18.4. The molecule has 31 heavy (non-hydrogen) atoms. The number of fused-ring (bicyclic) bond motifs is 3. The van der Waals surface area contributed by atoms with E-state index < -0.39 is 7.82 Å². The highest BCUT2D eigenvalue weighted by molar-refractivity contribution is 7.49. The minimum absolute atomic E-state index is 0.0121. The van der Waals surface area contributed by atoms with Gasteiger partial charge in [-0.3, -0.25) is 4.57 Å². The maximum absolute atomic E-state index is 12.6. The van der Waals surface area contributed by atoms with Gasteiger partial charge in [0.05, 0.1) is 11.2 Å². The number of benzene rings is 1. The van der Waals surface area contributed by atoms with Crippen molar-refractivity contribution >= 4 is 41.8 Å². The van der Waals surface area contributed by atoms with Gasteiger partial charge in [0.1, 0.15) is 18.5 Å². The number of halogens is 1. The minimum Gasteiger partial charge on any atom is -0.386 e. The third kappa shape index (κ3) is 2.74. The van der Waals surface area contributed by atoms with Crippen molar-refractivity contribution in [3.63, 3.8) is 0 Å². The summed E-state index contributed by atoms with van der Waals surface area (Å²) in [5.74, 6) is 1.04. The van der Waals surface area contributed by atoms with Gasteiger partial charge in [0.25, 0.3) is 11.6 Å². The molecule has 3 aromatic heterocycles. The van der Waals surface area contributed by atoms with Gasteiger partial charge >= 0.3 is 7.82 Å². The molecule has 1 unspecified atom stereocenters. The first-order valence-corrected chi connectivity index (χ1v) is 10.9. The van der Waals surface area contributed by atoms with E-state index in [4.69, 9.17) is 30.2 Å². The van der Waals surface area contributed by atoms with Crippen LogP contribution in [0, 0.1) is 13.8 Å². The van der Waals surface area contributed by atoms with Crippen molar-refractivity contribution in [2.45, 2.75) is 13.8 Å². The molecule has 0 saturated heterocycles. The summed E-state index contributed by atoms with van der Waals surface area (Å²) in [6, 6.07) is 5.23. The van der Waals surface area contributed by atoms with Crippen molar-refractivity contribution in [3.05, 3.63) is 47.3 Å². The van der Waals surface area contributed by atoms with E-state index in [1.54, 1.807) is 29.1 Å². The number of nitrogens with zero attached hydrogens (tertiary/aromatic N) is 5. The number of phosphoric acid groups is 1. The second kappa shape index (κ2) is 6.30. The molecular weight excluding hydrogens is 447 g/mol.